The molecule has 2 heterocycles. The van der Waals surface area contributed by atoms with Crippen LogP contribution in [0, 0.1) is 0 Å². The van der Waals surface area contributed by atoms with Gasteiger partial charge in [0.2, 0.25) is 0 Å². The van der Waals surface area contributed by atoms with E-state index in [2.05, 4.69) is 62.2 Å². The summed E-state index contributed by atoms with van der Waals surface area (Å²) in [7, 11) is 0. The Labute approximate surface area is 132 Å². The van der Waals surface area contributed by atoms with Crippen molar-refractivity contribution in [3.8, 4) is 0 Å². The third-order valence-electron chi connectivity index (χ3n) is 4.34. The monoisotopic (exact) mass is 299 g/mol. The highest BCUT2D eigenvalue weighted by Gasteiger charge is 2.21. The second kappa shape index (κ2) is 7.51. The second-order valence-corrected chi connectivity index (χ2v) is 5.94. The molecule has 1 N–H and O–H groups in total. The van der Waals surface area contributed by atoms with Gasteiger partial charge >= 0.3 is 0 Å². The molecule has 3 rings (SSSR count). The van der Waals surface area contributed by atoms with E-state index in [0.29, 0.717) is 6.04 Å². The Bertz CT molecular complexity index is 565. The molecule has 5 nitrogen and oxygen atoms in total. The summed E-state index contributed by atoms with van der Waals surface area (Å²) in [5.74, 6) is 1.08. The topological polar surface area (TPSA) is 46.0 Å². The minimum absolute atomic E-state index is 0.599. The molecule has 22 heavy (non-hydrogen) atoms. The van der Waals surface area contributed by atoms with Gasteiger partial charge in [-0.25, -0.2) is 0 Å². The number of rotatable bonds is 7. The first-order valence-corrected chi connectivity index (χ1v) is 8.21. The Hall–Kier alpha value is -1.72. The van der Waals surface area contributed by atoms with E-state index in [1.807, 2.05) is 6.33 Å². The van der Waals surface area contributed by atoms with Crippen LogP contribution in [0.4, 0.5) is 0 Å². The summed E-state index contributed by atoms with van der Waals surface area (Å²) in [5.41, 5.74) is 1.40. The number of benzene rings is 1. The van der Waals surface area contributed by atoms with Crippen LogP contribution < -0.4 is 5.32 Å². The van der Waals surface area contributed by atoms with Crippen LogP contribution in [0.2, 0.25) is 0 Å². The molecule has 0 radical (unpaired) electrons. The highest BCUT2D eigenvalue weighted by molar-refractivity contribution is 5.14. The van der Waals surface area contributed by atoms with Crippen LogP contribution in [0.1, 0.15) is 24.7 Å². The van der Waals surface area contributed by atoms with Crippen molar-refractivity contribution in [2.75, 3.05) is 19.6 Å². The maximum absolute atomic E-state index is 4.18. The van der Waals surface area contributed by atoms with Gasteiger partial charge in [0, 0.05) is 45.2 Å². The van der Waals surface area contributed by atoms with Gasteiger partial charge in [-0.05, 0) is 18.9 Å². The summed E-state index contributed by atoms with van der Waals surface area (Å²) >= 11 is 0. The Morgan fingerprint density at radius 1 is 1.27 bits per heavy atom. The van der Waals surface area contributed by atoms with Gasteiger partial charge in [-0.2, -0.15) is 0 Å². The van der Waals surface area contributed by atoms with E-state index in [9.17, 15) is 0 Å². The van der Waals surface area contributed by atoms with Gasteiger partial charge in [0.15, 0.2) is 0 Å². The Morgan fingerprint density at radius 2 is 2.14 bits per heavy atom. The largest absolute Gasteiger partial charge is 0.318 e. The van der Waals surface area contributed by atoms with E-state index in [1.165, 1.54) is 18.5 Å². The third-order valence-corrected chi connectivity index (χ3v) is 4.34. The van der Waals surface area contributed by atoms with Crippen LogP contribution in [0.25, 0.3) is 0 Å². The molecule has 1 aromatic carbocycles. The minimum atomic E-state index is 0.599. The van der Waals surface area contributed by atoms with E-state index in [0.717, 1.165) is 38.4 Å². The first-order chi connectivity index (χ1) is 10.8. The summed E-state index contributed by atoms with van der Waals surface area (Å²) in [5, 5.41) is 11.8. The molecule has 0 spiro atoms. The van der Waals surface area contributed by atoms with Gasteiger partial charge < -0.3 is 9.88 Å². The zero-order valence-corrected chi connectivity index (χ0v) is 13.3. The van der Waals surface area contributed by atoms with Crippen LogP contribution in [0.3, 0.4) is 0 Å². The number of nitrogens with one attached hydrogen (secondary N) is 1. The van der Waals surface area contributed by atoms with Crippen LogP contribution in [-0.4, -0.2) is 45.3 Å². The van der Waals surface area contributed by atoms with Crippen LogP contribution in [0.15, 0.2) is 36.7 Å². The molecule has 0 amide bonds. The van der Waals surface area contributed by atoms with Crippen LogP contribution >= 0.6 is 0 Å². The highest BCUT2D eigenvalue weighted by Crippen LogP contribution is 2.13. The highest BCUT2D eigenvalue weighted by atomic mass is 15.3. The molecule has 0 unspecified atom stereocenters. The Kier molecular flexibility index (Phi) is 5.19. The maximum atomic E-state index is 4.18. The molecule has 2 aromatic rings. The summed E-state index contributed by atoms with van der Waals surface area (Å²) in [6.45, 7) is 7.41. The quantitative estimate of drug-likeness (QED) is 0.845. The van der Waals surface area contributed by atoms with Gasteiger partial charge in [-0.15, -0.1) is 10.2 Å². The number of aromatic nitrogens is 3. The average Bonchev–Trinajstić information content (AvgIpc) is 3.18. The Morgan fingerprint density at radius 3 is 2.95 bits per heavy atom. The maximum Gasteiger partial charge on any atom is 0.134 e. The number of hydrogen-bond acceptors (Lipinski definition) is 4. The summed E-state index contributed by atoms with van der Waals surface area (Å²) in [4.78, 5) is 2.53. The second-order valence-electron chi connectivity index (χ2n) is 5.94. The predicted molar refractivity (Wildman–Crippen MR) is 87.5 cm³/mol. The van der Waals surface area contributed by atoms with Crippen LogP contribution in [0.5, 0.6) is 0 Å². The summed E-state index contributed by atoms with van der Waals surface area (Å²) < 4.78 is 2.11. The van der Waals surface area contributed by atoms with Gasteiger partial charge in [-0.1, -0.05) is 30.3 Å². The smallest absolute Gasteiger partial charge is 0.134 e. The third kappa shape index (κ3) is 3.93. The molecule has 1 aromatic heterocycles. The van der Waals surface area contributed by atoms with Crippen molar-refractivity contribution in [3.05, 3.63) is 48.0 Å². The minimum Gasteiger partial charge on any atom is -0.318 e. The van der Waals surface area contributed by atoms with Crippen molar-refractivity contribution < 1.29 is 0 Å². The van der Waals surface area contributed by atoms with Crippen molar-refractivity contribution in [1.29, 1.82) is 0 Å². The molecule has 0 aliphatic carbocycles. The van der Waals surface area contributed by atoms with E-state index >= 15 is 0 Å². The fraction of sp³-hybridized carbons (Fsp3) is 0.529. The molecular formula is C17H25N5. The number of hydrogen-bond donors (Lipinski definition) is 1. The van der Waals surface area contributed by atoms with Crippen molar-refractivity contribution >= 4 is 0 Å². The molecule has 0 bridgehead atoms. The van der Waals surface area contributed by atoms with Crippen molar-refractivity contribution in [1.82, 2.24) is 25.0 Å². The fourth-order valence-corrected chi connectivity index (χ4v) is 3.11. The molecular weight excluding hydrogens is 274 g/mol. The summed E-state index contributed by atoms with van der Waals surface area (Å²) in [6, 6.07) is 11.3. The molecule has 0 saturated carbocycles. The van der Waals surface area contributed by atoms with Gasteiger partial charge in [-0.3, -0.25) is 4.90 Å². The molecule has 1 fully saturated rings. The number of aryl methyl sites for hydroxylation is 1. The molecule has 1 saturated heterocycles. The lowest BCUT2D eigenvalue weighted by Crippen LogP contribution is -2.34. The zero-order chi connectivity index (χ0) is 15.2. The van der Waals surface area contributed by atoms with Gasteiger partial charge in [0.1, 0.15) is 12.2 Å². The number of likely N-dealkylation sites (tertiary alicyclic amines) is 1. The molecule has 1 atom stereocenters. The van der Waals surface area contributed by atoms with Crippen molar-refractivity contribution in [3.63, 3.8) is 0 Å². The van der Waals surface area contributed by atoms with Crippen molar-refractivity contribution in [2.24, 2.45) is 0 Å². The lowest BCUT2D eigenvalue weighted by atomic mass is 10.2. The standard InChI is InChI=1S/C17H25N5/c1-2-22-14-19-20-17(22)8-10-18-16-9-11-21(13-16)12-15-6-4-3-5-7-15/h3-7,14,16,18H,2,8-13H2,1H3/t16-/m0/s1. The van der Waals surface area contributed by atoms with Crippen molar-refractivity contribution in [2.45, 2.75) is 38.9 Å². The lowest BCUT2D eigenvalue weighted by Gasteiger charge is -2.16. The lowest BCUT2D eigenvalue weighted by molar-refractivity contribution is 0.320. The number of nitrogens with zero attached hydrogens (tertiary/aromatic N) is 4. The summed E-state index contributed by atoms with van der Waals surface area (Å²) in [6.07, 6.45) is 3.99. The zero-order valence-electron chi connectivity index (χ0n) is 13.3. The van der Waals surface area contributed by atoms with E-state index in [1.54, 1.807) is 0 Å². The fourth-order valence-electron chi connectivity index (χ4n) is 3.11. The van der Waals surface area contributed by atoms with Gasteiger partial charge in [0.25, 0.3) is 0 Å². The SMILES string of the molecule is CCn1cnnc1CCN[C@H]1CCN(Cc2ccccc2)C1. The molecule has 118 valence electrons. The van der Waals surface area contributed by atoms with Crippen LogP contribution in [-0.2, 0) is 19.5 Å². The van der Waals surface area contributed by atoms with E-state index in [4.69, 9.17) is 0 Å². The predicted octanol–water partition coefficient (Wildman–Crippen LogP) is 1.70. The normalized spacial score (nSPS) is 18.9. The van der Waals surface area contributed by atoms with E-state index < -0.39 is 0 Å². The van der Waals surface area contributed by atoms with E-state index in [-0.39, 0.29) is 0 Å². The first-order valence-electron chi connectivity index (χ1n) is 8.21. The average molecular weight is 299 g/mol. The molecule has 5 heteroatoms. The van der Waals surface area contributed by atoms with Gasteiger partial charge in [0.05, 0.1) is 0 Å². The first kappa shape index (κ1) is 15.2. The Balaban J connectivity index is 1.40. The molecule has 1 aliphatic rings. The molecule has 1 aliphatic heterocycles.